The van der Waals surface area contributed by atoms with Gasteiger partial charge in [0.2, 0.25) is 9.84 Å². The highest BCUT2D eigenvalue weighted by atomic mass is 32.2. The molecule has 334 valence electrons. The zero-order valence-corrected chi connectivity index (χ0v) is 36.7. The maximum atomic E-state index is 15.7. The van der Waals surface area contributed by atoms with Gasteiger partial charge in [-0.1, -0.05) is 24.6 Å². The average Bonchev–Trinajstić information content (AvgIpc) is 3.99. The molecule has 3 amide bonds. The van der Waals surface area contributed by atoms with Crippen molar-refractivity contribution in [2.24, 2.45) is 17.8 Å². The predicted molar refractivity (Wildman–Crippen MR) is 229 cm³/mol. The standard InChI is InChI=1S/C45H50F2N6O8S2/c1-61-44(56)49-40-9-4-8-38(40)45(28-51-20-16-48-29-51,32-6-3-7-33(46)22-32)31-14-18-50(19-15-31)25-30-26-52(27-30)41-13-11-35(24-39(41)47)63(59,60)34-10-12-36-37(23-34)43(55)53(42(36)54)17-5-21-62(2,57)58/h3,5-7,10-13,16,20-24,29-31,38,40H,4,8-9,14-15,17-19,25-28H2,1-2H3,(H,49,56)/b21-5+/t38-,40-,45-/m0/s1. The molecule has 0 radical (unpaired) electrons. The summed E-state index contributed by atoms with van der Waals surface area (Å²) in [6, 6.07) is 14.0. The fourth-order valence-corrected chi connectivity index (χ4v) is 12.1. The first-order valence-electron chi connectivity index (χ1n) is 21.0. The molecule has 4 heterocycles. The first-order valence-corrected chi connectivity index (χ1v) is 24.5. The summed E-state index contributed by atoms with van der Waals surface area (Å²) in [6.07, 6.45) is 11.4. The average molecular weight is 905 g/mol. The van der Waals surface area contributed by atoms with Gasteiger partial charge in [-0.05, 0) is 105 Å². The minimum absolute atomic E-state index is 0.0141. The number of halogens is 2. The number of nitrogens with zero attached hydrogens (tertiary/aromatic N) is 5. The van der Waals surface area contributed by atoms with E-state index in [0.29, 0.717) is 19.6 Å². The molecule has 4 aromatic rings. The zero-order chi connectivity index (χ0) is 44.7. The topological polar surface area (TPSA) is 168 Å². The molecule has 1 aromatic heterocycles. The minimum Gasteiger partial charge on any atom is -0.453 e. The Morgan fingerprint density at radius 1 is 0.937 bits per heavy atom. The molecule has 0 spiro atoms. The van der Waals surface area contributed by atoms with Crippen molar-refractivity contribution in [3.05, 3.63) is 119 Å². The molecule has 3 atom stereocenters. The quantitative estimate of drug-likeness (QED) is 0.160. The number of benzene rings is 3. The Morgan fingerprint density at radius 3 is 2.35 bits per heavy atom. The van der Waals surface area contributed by atoms with Crippen molar-refractivity contribution in [2.75, 3.05) is 57.5 Å². The number of likely N-dealkylation sites (tertiary alicyclic amines) is 1. The minimum atomic E-state index is -4.29. The van der Waals surface area contributed by atoms with Crippen LogP contribution in [0.5, 0.6) is 0 Å². The summed E-state index contributed by atoms with van der Waals surface area (Å²) in [5, 5.41) is 3.99. The van der Waals surface area contributed by atoms with E-state index in [4.69, 9.17) is 4.74 Å². The predicted octanol–water partition coefficient (Wildman–Crippen LogP) is 5.46. The van der Waals surface area contributed by atoms with Crippen LogP contribution in [0.1, 0.15) is 58.4 Å². The molecule has 3 aliphatic heterocycles. The SMILES string of the molecule is COC(=O)N[C@H]1CCC[C@@H]1[C@](Cn1ccnc1)(c1cccc(F)c1)C1CCN(CC2CN(c3ccc(S(=O)(=O)c4ccc5c(c4)C(=O)N(C/C=C/S(C)(=O)=O)C5=O)cc3F)C2)CC1. The van der Waals surface area contributed by atoms with Crippen LogP contribution < -0.4 is 10.2 Å². The molecule has 0 unspecified atom stereocenters. The van der Waals surface area contributed by atoms with Crippen molar-refractivity contribution in [3.8, 4) is 0 Å². The number of hydrogen-bond acceptors (Lipinski definition) is 11. The Kier molecular flexibility index (Phi) is 12.3. The molecule has 1 aliphatic carbocycles. The molecular weight excluding hydrogens is 855 g/mol. The second kappa shape index (κ2) is 17.6. The molecule has 3 fully saturated rings. The Balaban J connectivity index is 0.921. The van der Waals surface area contributed by atoms with Crippen LogP contribution in [0.2, 0.25) is 0 Å². The van der Waals surface area contributed by atoms with Crippen molar-refractivity contribution < 1.29 is 44.7 Å². The third-order valence-electron chi connectivity index (χ3n) is 13.3. The van der Waals surface area contributed by atoms with Gasteiger partial charge in [-0.15, -0.1) is 0 Å². The Bertz CT molecular complexity index is 2650. The molecular formula is C45H50F2N6O8S2. The highest BCUT2D eigenvalue weighted by molar-refractivity contribution is 7.93. The lowest BCUT2D eigenvalue weighted by molar-refractivity contribution is 0.0546. The zero-order valence-electron chi connectivity index (χ0n) is 35.0. The number of anilines is 1. The summed E-state index contributed by atoms with van der Waals surface area (Å²) in [5.74, 6) is -2.02. The number of imidazole rings is 1. The van der Waals surface area contributed by atoms with E-state index in [1.165, 1.54) is 37.4 Å². The summed E-state index contributed by atoms with van der Waals surface area (Å²) < 4.78 is 88.1. The summed E-state index contributed by atoms with van der Waals surface area (Å²) >= 11 is 0. The van der Waals surface area contributed by atoms with Gasteiger partial charge in [0.1, 0.15) is 11.6 Å². The van der Waals surface area contributed by atoms with Crippen LogP contribution in [0.4, 0.5) is 19.3 Å². The van der Waals surface area contributed by atoms with Gasteiger partial charge in [-0.2, -0.15) is 0 Å². The van der Waals surface area contributed by atoms with Crippen molar-refractivity contribution in [3.63, 3.8) is 0 Å². The van der Waals surface area contributed by atoms with Crippen LogP contribution >= 0.6 is 0 Å². The lowest BCUT2D eigenvalue weighted by atomic mass is 9.58. The monoisotopic (exact) mass is 904 g/mol. The number of fused-ring (bicyclic) bond motifs is 1. The summed E-state index contributed by atoms with van der Waals surface area (Å²) in [7, 11) is -6.42. The van der Waals surface area contributed by atoms with Gasteiger partial charge in [-0.3, -0.25) is 14.5 Å². The summed E-state index contributed by atoms with van der Waals surface area (Å²) in [6.45, 7) is 3.85. The maximum Gasteiger partial charge on any atom is 0.407 e. The number of ether oxygens (including phenoxy) is 1. The summed E-state index contributed by atoms with van der Waals surface area (Å²) in [4.78, 5) is 47.3. The highest BCUT2D eigenvalue weighted by Crippen LogP contribution is 2.52. The molecule has 4 aliphatic rings. The van der Waals surface area contributed by atoms with Crippen LogP contribution in [0, 0.1) is 29.4 Å². The number of alkyl carbamates (subject to hydrolysis) is 1. The lowest BCUT2D eigenvalue weighted by Crippen LogP contribution is -2.56. The van der Waals surface area contributed by atoms with Crippen molar-refractivity contribution >= 4 is 43.3 Å². The highest BCUT2D eigenvalue weighted by Gasteiger charge is 2.52. The number of rotatable bonds is 14. The van der Waals surface area contributed by atoms with Gasteiger partial charge in [-0.25, -0.2) is 35.4 Å². The van der Waals surface area contributed by atoms with Gasteiger partial charge in [0.15, 0.2) is 9.84 Å². The number of hydrogen-bond donors (Lipinski definition) is 1. The van der Waals surface area contributed by atoms with E-state index in [2.05, 4.69) is 19.8 Å². The van der Waals surface area contributed by atoms with Crippen LogP contribution in [-0.4, -0.2) is 113 Å². The van der Waals surface area contributed by atoms with Crippen LogP contribution in [-0.2, 0) is 36.4 Å². The van der Waals surface area contributed by atoms with E-state index >= 15 is 8.78 Å². The van der Waals surface area contributed by atoms with Gasteiger partial charge < -0.3 is 24.4 Å². The molecule has 1 saturated carbocycles. The van der Waals surface area contributed by atoms with Crippen molar-refractivity contribution in [1.82, 2.24) is 24.7 Å². The molecule has 63 heavy (non-hydrogen) atoms. The van der Waals surface area contributed by atoms with Crippen LogP contribution in [0.15, 0.2) is 101 Å². The number of sulfone groups is 2. The van der Waals surface area contributed by atoms with E-state index in [0.717, 1.165) is 92.1 Å². The van der Waals surface area contributed by atoms with Crippen LogP contribution in [0.25, 0.3) is 0 Å². The number of imide groups is 1. The number of aromatic nitrogens is 2. The van der Waals surface area contributed by atoms with Gasteiger partial charge in [0.25, 0.3) is 11.8 Å². The van der Waals surface area contributed by atoms with Crippen molar-refractivity contribution in [2.45, 2.75) is 59.9 Å². The molecule has 14 nitrogen and oxygen atoms in total. The molecule has 3 aromatic carbocycles. The number of methoxy groups -OCH3 is 1. The van der Waals surface area contributed by atoms with Gasteiger partial charge in [0.05, 0.1) is 40.0 Å². The Hall–Kier alpha value is -5.46. The number of nitrogens with one attached hydrogen (secondary N) is 1. The fraction of sp³-hybridized carbons (Fsp3) is 0.422. The number of amides is 3. The molecule has 8 rings (SSSR count). The second-order valence-corrected chi connectivity index (χ2v) is 21.0. The molecule has 18 heteroatoms. The van der Waals surface area contributed by atoms with Crippen molar-refractivity contribution in [1.29, 1.82) is 0 Å². The second-order valence-electron chi connectivity index (χ2n) is 17.2. The van der Waals surface area contributed by atoms with Crippen LogP contribution in [0.3, 0.4) is 0 Å². The maximum absolute atomic E-state index is 15.7. The van der Waals surface area contributed by atoms with E-state index in [-0.39, 0.29) is 62.8 Å². The Morgan fingerprint density at radius 2 is 1.67 bits per heavy atom. The van der Waals surface area contributed by atoms with Gasteiger partial charge in [0, 0.05) is 74.2 Å². The normalized spacial score (nSPS) is 21.1. The third kappa shape index (κ3) is 8.89. The molecule has 2 saturated heterocycles. The largest absolute Gasteiger partial charge is 0.453 e. The van der Waals surface area contributed by atoms with E-state index in [9.17, 15) is 31.2 Å². The number of carbonyl (C=O) groups is 3. The molecule has 1 N–H and O–H groups in total. The van der Waals surface area contributed by atoms with E-state index in [1.807, 2.05) is 17.2 Å². The first kappa shape index (κ1) is 44.2. The lowest BCUT2D eigenvalue weighted by Gasteiger charge is -2.51. The third-order valence-corrected chi connectivity index (χ3v) is 15.7. The molecule has 0 bridgehead atoms. The number of piperidine rings is 1. The fourth-order valence-electron chi connectivity index (χ4n) is 10.4. The van der Waals surface area contributed by atoms with E-state index in [1.54, 1.807) is 24.7 Å². The Labute approximate surface area is 365 Å². The first-order chi connectivity index (χ1) is 30.1. The summed E-state index contributed by atoms with van der Waals surface area (Å²) in [5.41, 5.74) is 0.526. The van der Waals surface area contributed by atoms with Gasteiger partial charge >= 0.3 is 6.09 Å². The van der Waals surface area contributed by atoms with E-state index < -0.39 is 48.8 Å². The number of carbonyl (C=O) groups excluding carboxylic acids is 3. The smallest absolute Gasteiger partial charge is 0.407 e.